The predicted molar refractivity (Wildman–Crippen MR) is 60.9 cm³/mol. The van der Waals surface area contributed by atoms with Crippen molar-refractivity contribution in [2.45, 2.75) is 27.2 Å². The third kappa shape index (κ3) is 5.08. The third-order valence-electron chi connectivity index (χ3n) is 1.38. The number of aromatic nitrogens is 2. The molecule has 0 aliphatic carbocycles. The standard InChI is InChI=1S/C8H14N3O2S2/c1-8(2,3)5-6-9-10-7(14-6)11-15(4,12)13/h5H2,1-4H3/q-1. The van der Waals surface area contributed by atoms with Crippen LogP contribution in [-0.4, -0.2) is 24.9 Å². The summed E-state index contributed by atoms with van der Waals surface area (Å²) in [7, 11) is -3.37. The van der Waals surface area contributed by atoms with Gasteiger partial charge in [-0.2, -0.15) is 0 Å². The lowest BCUT2D eigenvalue weighted by molar-refractivity contribution is 0.409. The van der Waals surface area contributed by atoms with Crippen LogP contribution in [0.3, 0.4) is 0 Å². The Bertz CT molecular complexity index is 431. The van der Waals surface area contributed by atoms with E-state index in [0.717, 1.165) is 17.7 Å². The molecule has 0 radical (unpaired) electrons. The van der Waals surface area contributed by atoms with Crippen LogP contribution >= 0.6 is 11.3 Å². The molecule has 0 saturated carbocycles. The molecule has 0 aliphatic rings. The lowest BCUT2D eigenvalue weighted by atomic mass is 9.93. The summed E-state index contributed by atoms with van der Waals surface area (Å²) in [5, 5.41) is 8.62. The molecule has 1 aromatic rings. The van der Waals surface area contributed by atoms with E-state index in [1.165, 1.54) is 11.3 Å². The van der Waals surface area contributed by atoms with Crippen LogP contribution in [-0.2, 0) is 16.4 Å². The van der Waals surface area contributed by atoms with Crippen LogP contribution in [0.2, 0.25) is 0 Å². The second kappa shape index (κ2) is 4.05. The molecule has 0 N–H and O–H groups in total. The maximum atomic E-state index is 10.9. The van der Waals surface area contributed by atoms with Crippen LogP contribution in [0.5, 0.6) is 0 Å². The van der Waals surface area contributed by atoms with Crippen LogP contribution in [0.1, 0.15) is 25.8 Å². The van der Waals surface area contributed by atoms with Crippen molar-refractivity contribution in [3.05, 3.63) is 9.73 Å². The van der Waals surface area contributed by atoms with Gasteiger partial charge in [0, 0.05) is 17.8 Å². The summed E-state index contributed by atoms with van der Waals surface area (Å²) in [6, 6.07) is 0. The van der Waals surface area contributed by atoms with Gasteiger partial charge < -0.3 is 9.82 Å². The first-order valence-electron chi connectivity index (χ1n) is 4.41. The lowest BCUT2D eigenvalue weighted by Crippen LogP contribution is -2.08. The van der Waals surface area contributed by atoms with Crippen molar-refractivity contribution in [3.8, 4) is 0 Å². The van der Waals surface area contributed by atoms with Crippen molar-refractivity contribution in [3.63, 3.8) is 0 Å². The summed E-state index contributed by atoms with van der Waals surface area (Å²) in [5.41, 5.74) is 0.113. The zero-order chi connectivity index (χ0) is 11.7. The highest BCUT2D eigenvalue weighted by atomic mass is 32.2. The van der Waals surface area contributed by atoms with Crippen LogP contribution in [0.15, 0.2) is 0 Å². The van der Waals surface area contributed by atoms with Gasteiger partial charge in [-0.25, -0.2) is 8.42 Å². The molecular weight excluding hydrogens is 234 g/mol. The fraction of sp³-hybridized carbons (Fsp3) is 0.750. The van der Waals surface area contributed by atoms with E-state index in [1.807, 2.05) is 0 Å². The summed E-state index contributed by atoms with van der Waals surface area (Å²) >= 11 is 1.22. The summed E-state index contributed by atoms with van der Waals surface area (Å²) in [6.07, 6.45) is 1.81. The van der Waals surface area contributed by atoms with E-state index in [-0.39, 0.29) is 10.5 Å². The smallest absolute Gasteiger partial charge is 0.171 e. The predicted octanol–water partition coefficient (Wildman–Crippen LogP) is 2.09. The molecule has 0 spiro atoms. The number of hydrogen-bond donors (Lipinski definition) is 0. The highest BCUT2D eigenvalue weighted by Crippen LogP contribution is 2.29. The molecule has 5 nitrogen and oxygen atoms in total. The minimum absolute atomic E-state index is 0.113. The highest BCUT2D eigenvalue weighted by Gasteiger charge is 2.13. The Morgan fingerprint density at radius 3 is 2.40 bits per heavy atom. The van der Waals surface area contributed by atoms with Gasteiger partial charge in [-0.05, 0) is 5.41 Å². The van der Waals surface area contributed by atoms with Crippen molar-refractivity contribution < 1.29 is 8.42 Å². The van der Waals surface area contributed by atoms with Crippen LogP contribution in [0.4, 0.5) is 5.13 Å². The molecule has 0 aromatic carbocycles. The fourth-order valence-electron chi connectivity index (χ4n) is 0.949. The van der Waals surface area contributed by atoms with Gasteiger partial charge in [0.15, 0.2) is 10.0 Å². The summed E-state index contributed by atoms with van der Waals surface area (Å²) in [5.74, 6) is 0. The van der Waals surface area contributed by atoms with Gasteiger partial charge in [0.1, 0.15) is 0 Å². The lowest BCUT2D eigenvalue weighted by Gasteiger charge is -2.15. The van der Waals surface area contributed by atoms with Crippen molar-refractivity contribution >= 4 is 26.5 Å². The van der Waals surface area contributed by atoms with Gasteiger partial charge >= 0.3 is 0 Å². The number of sulfonamides is 1. The molecule has 0 aliphatic heterocycles. The summed E-state index contributed by atoms with van der Waals surface area (Å²) in [6.45, 7) is 6.26. The molecule has 0 saturated heterocycles. The summed E-state index contributed by atoms with van der Waals surface area (Å²) in [4.78, 5) is 0. The van der Waals surface area contributed by atoms with E-state index in [9.17, 15) is 8.42 Å². The van der Waals surface area contributed by atoms with Gasteiger partial charge in [-0.1, -0.05) is 20.8 Å². The summed E-state index contributed by atoms with van der Waals surface area (Å²) < 4.78 is 25.2. The molecule has 1 rings (SSSR count). The maximum Gasteiger partial charge on any atom is 0.171 e. The van der Waals surface area contributed by atoms with Crippen molar-refractivity contribution in [1.82, 2.24) is 10.2 Å². The van der Waals surface area contributed by atoms with Gasteiger partial charge in [-0.15, -0.1) is 11.3 Å². The molecular formula is C8H14N3O2S2-. The molecule has 0 unspecified atom stereocenters. The second-order valence-electron chi connectivity index (χ2n) is 4.54. The molecule has 15 heavy (non-hydrogen) atoms. The normalized spacial score (nSPS) is 12.8. The average molecular weight is 248 g/mol. The van der Waals surface area contributed by atoms with E-state index in [1.54, 1.807) is 0 Å². The molecule has 0 amide bonds. The van der Waals surface area contributed by atoms with Crippen LogP contribution in [0, 0.1) is 5.41 Å². The molecule has 0 atom stereocenters. The van der Waals surface area contributed by atoms with Gasteiger partial charge in [0.05, 0.1) is 5.01 Å². The van der Waals surface area contributed by atoms with Gasteiger partial charge in [-0.3, -0.25) is 5.10 Å². The Morgan fingerprint density at radius 2 is 1.93 bits per heavy atom. The molecule has 0 bridgehead atoms. The van der Waals surface area contributed by atoms with E-state index in [2.05, 4.69) is 35.7 Å². The Balaban J connectivity index is 2.73. The molecule has 7 heteroatoms. The highest BCUT2D eigenvalue weighted by molar-refractivity contribution is 7.93. The first-order chi connectivity index (χ1) is 6.66. The van der Waals surface area contributed by atoms with Crippen LogP contribution in [0.25, 0.3) is 4.72 Å². The Hall–Kier alpha value is -0.690. The number of nitrogens with zero attached hydrogens (tertiary/aromatic N) is 3. The molecule has 1 aromatic heterocycles. The minimum atomic E-state index is -3.37. The van der Waals surface area contributed by atoms with E-state index >= 15 is 0 Å². The average Bonchev–Trinajstić information content (AvgIpc) is 2.28. The Kier molecular flexibility index (Phi) is 3.34. The number of rotatable bonds is 3. The topological polar surface area (TPSA) is 74.0 Å². The number of hydrogen-bond acceptors (Lipinski definition) is 5. The monoisotopic (exact) mass is 248 g/mol. The van der Waals surface area contributed by atoms with E-state index in [4.69, 9.17) is 0 Å². The Labute approximate surface area is 94.0 Å². The van der Waals surface area contributed by atoms with E-state index in [0.29, 0.717) is 0 Å². The van der Waals surface area contributed by atoms with Gasteiger partial charge in [0.25, 0.3) is 0 Å². The van der Waals surface area contributed by atoms with Crippen LogP contribution < -0.4 is 0 Å². The SMILES string of the molecule is CC(C)(C)Cc1nnc([N-]S(C)(=O)=O)s1. The first kappa shape index (κ1) is 12.4. The second-order valence-corrected chi connectivity index (χ2v) is 7.23. The molecule has 86 valence electrons. The van der Waals surface area contributed by atoms with Gasteiger partial charge in [0.2, 0.25) is 0 Å². The quantitative estimate of drug-likeness (QED) is 0.821. The van der Waals surface area contributed by atoms with E-state index < -0.39 is 10.0 Å². The third-order valence-corrected chi connectivity index (χ3v) is 2.82. The van der Waals surface area contributed by atoms with Crippen molar-refractivity contribution in [2.24, 2.45) is 5.41 Å². The minimum Gasteiger partial charge on any atom is -0.347 e. The zero-order valence-electron chi connectivity index (χ0n) is 9.18. The molecule has 0 fully saturated rings. The largest absolute Gasteiger partial charge is 0.347 e. The fourth-order valence-corrected chi connectivity index (χ4v) is 2.70. The maximum absolute atomic E-state index is 10.9. The van der Waals surface area contributed by atoms with Crippen molar-refractivity contribution in [1.29, 1.82) is 0 Å². The van der Waals surface area contributed by atoms with Crippen molar-refractivity contribution in [2.75, 3.05) is 6.26 Å². The Morgan fingerprint density at radius 1 is 1.33 bits per heavy atom. The first-order valence-corrected chi connectivity index (χ1v) is 7.08. The molecule has 1 heterocycles. The zero-order valence-corrected chi connectivity index (χ0v) is 10.8.